The van der Waals surface area contributed by atoms with E-state index in [9.17, 15) is 0 Å². The highest BCUT2D eigenvalue weighted by molar-refractivity contribution is 5.19. The van der Waals surface area contributed by atoms with Crippen molar-refractivity contribution in [1.82, 2.24) is 5.32 Å². The SMILES string of the molecule is CCC(NC(C)c1ccco1)c1ccccc1. The molecule has 0 radical (unpaired) electrons. The van der Waals surface area contributed by atoms with Crippen LogP contribution in [0.4, 0.5) is 0 Å². The van der Waals surface area contributed by atoms with Crippen LogP contribution in [0.25, 0.3) is 0 Å². The first kappa shape index (κ1) is 11.9. The minimum atomic E-state index is 0.232. The molecule has 0 aliphatic carbocycles. The second kappa shape index (κ2) is 5.69. The summed E-state index contributed by atoms with van der Waals surface area (Å²) in [6, 6.07) is 15.1. The third-order valence-corrected chi connectivity index (χ3v) is 3.03. The molecule has 0 aliphatic heterocycles. The molecular weight excluding hydrogens is 210 g/mol. The monoisotopic (exact) mass is 229 g/mol. The summed E-state index contributed by atoms with van der Waals surface area (Å²) < 4.78 is 5.41. The summed E-state index contributed by atoms with van der Waals surface area (Å²) >= 11 is 0. The van der Waals surface area contributed by atoms with E-state index in [1.54, 1.807) is 6.26 Å². The molecule has 1 aromatic carbocycles. The molecule has 2 unspecified atom stereocenters. The lowest BCUT2D eigenvalue weighted by Crippen LogP contribution is -2.23. The molecule has 0 fully saturated rings. The van der Waals surface area contributed by atoms with Gasteiger partial charge in [-0.05, 0) is 31.0 Å². The third kappa shape index (κ3) is 2.98. The van der Waals surface area contributed by atoms with Gasteiger partial charge in [-0.1, -0.05) is 37.3 Å². The molecule has 0 bridgehead atoms. The molecule has 17 heavy (non-hydrogen) atoms. The Morgan fingerprint density at radius 2 is 1.88 bits per heavy atom. The molecule has 1 heterocycles. The van der Waals surface area contributed by atoms with E-state index in [0.717, 1.165) is 12.2 Å². The maximum atomic E-state index is 5.41. The Morgan fingerprint density at radius 1 is 1.12 bits per heavy atom. The molecule has 1 N–H and O–H groups in total. The summed E-state index contributed by atoms with van der Waals surface area (Å²) in [4.78, 5) is 0. The largest absolute Gasteiger partial charge is 0.468 e. The van der Waals surface area contributed by atoms with E-state index in [1.807, 2.05) is 18.2 Å². The first-order chi connectivity index (χ1) is 8.31. The lowest BCUT2D eigenvalue weighted by Gasteiger charge is -2.21. The number of hydrogen-bond acceptors (Lipinski definition) is 2. The summed E-state index contributed by atoms with van der Waals surface area (Å²) in [6.07, 6.45) is 2.78. The summed E-state index contributed by atoms with van der Waals surface area (Å²) in [6.45, 7) is 4.32. The first-order valence-electron chi connectivity index (χ1n) is 6.15. The van der Waals surface area contributed by atoms with Crippen molar-refractivity contribution in [1.29, 1.82) is 0 Å². The number of nitrogens with one attached hydrogen (secondary N) is 1. The van der Waals surface area contributed by atoms with E-state index >= 15 is 0 Å². The topological polar surface area (TPSA) is 25.2 Å². The van der Waals surface area contributed by atoms with Crippen LogP contribution >= 0.6 is 0 Å². The number of furan rings is 1. The minimum Gasteiger partial charge on any atom is -0.468 e. The van der Waals surface area contributed by atoms with Crippen molar-refractivity contribution in [2.45, 2.75) is 32.4 Å². The Kier molecular flexibility index (Phi) is 3.99. The molecule has 0 spiro atoms. The summed E-state index contributed by atoms with van der Waals surface area (Å²) in [5.74, 6) is 0.986. The average molecular weight is 229 g/mol. The van der Waals surface area contributed by atoms with E-state index in [4.69, 9.17) is 4.42 Å². The molecule has 0 saturated heterocycles. The number of benzene rings is 1. The van der Waals surface area contributed by atoms with Crippen LogP contribution in [0.2, 0.25) is 0 Å². The zero-order valence-corrected chi connectivity index (χ0v) is 10.4. The third-order valence-electron chi connectivity index (χ3n) is 3.03. The van der Waals surface area contributed by atoms with Gasteiger partial charge in [-0.2, -0.15) is 0 Å². The van der Waals surface area contributed by atoms with Crippen molar-refractivity contribution in [2.75, 3.05) is 0 Å². The average Bonchev–Trinajstić information content (AvgIpc) is 2.90. The maximum absolute atomic E-state index is 5.41. The molecule has 2 heteroatoms. The molecule has 0 saturated carbocycles. The van der Waals surface area contributed by atoms with Crippen molar-refractivity contribution in [3.8, 4) is 0 Å². The normalized spacial score (nSPS) is 14.5. The van der Waals surface area contributed by atoms with Crippen molar-refractivity contribution in [2.24, 2.45) is 0 Å². The zero-order valence-electron chi connectivity index (χ0n) is 10.4. The minimum absolute atomic E-state index is 0.232. The number of rotatable bonds is 5. The van der Waals surface area contributed by atoms with Crippen LogP contribution in [-0.2, 0) is 0 Å². The zero-order chi connectivity index (χ0) is 12.1. The van der Waals surface area contributed by atoms with Gasteiger partial charge in [-0.3, -0.25) is 0 Å². The van der Waals surface area contributed by atoms with Gasteiger partial charge in [0.25, 0.3) is 0 Å². The Balaban J connectivity index is 2.06. The van der Waals surface area contributed by atoms with Crippen LogP contribution in [0.1, 0.15) is 43.7 Å². The molecule has 2 nitrogen and oxygen atoms in total. The van der Waals surface area contributed by atoms with E-state index in [1.165, 1.54) is 5.56 Å². The Bertz CT molecular complexity index is 421. The predicted molar refractivity (Wildman–Crippen MR) is 69.7 cm³/mol. The van der Waals surface area contributed by atoms with Gasteiger partial charge < -0.3 is 9.73 Å². The highest BCUT2D eigenvalue weighted by Gasteiger charge is 2.14. The Morgan fingerprint density at radius 3 is 2.47 bits per heavy atom. The van der Waals surface area contributed by atoms with Gasteiger partial charge in [0.15, 0.2) is 0 Å². The maximum Gasteiger partial charge on any atom is 0.120 e. The fourth-order valence-corrected chi connectivity index (χ4v) is 2.06. The van der Waals surface area contributed by atoms with Crippen molar-refractivity contribution in [3.05, 3.63) is 60.1 Å². The predicted octanol–water partition coefficient (Wildman–Crippen LogP) is 4.08. The van der Waals surface area contributed by atoms with Crippen LogP contribution in [-0.4, -0.2) is 0 Å². The highest BCUT2D eigenvalue weighted by atomic mass is 16.3. The van der Waals surface area contributed by atoms with Gasteiger partial charge in [-0.15, -0.1) is 0 Å². The second-order valence-electron chi connectivity index (χ2n) is 4.28. The van der Waals surface area contributed by atoms with Crippen LogP contribution in [0.5, 0.6) is 0 Å². The molecule has 90 valence electrons. The lowest BCUT2D eigenvalue weighted by atomic mass is 10.0. The number of hydrogen-bond donors (Lipinski definition) is 1. The Hall–Kier alpha value is -1.54. The van der Waals surface area contributed by atoms with Gasteiger partial charge in [-0.25, -0.2) is 0 Å². The van der Waals surface area contributed by atoms with Crippen molar-refractivity contribution in [3.63, 3.8) is 0 Å². The summed E-state index contributed by atoms with van der Waals surface area (Å²) in [5, 5.41) is 3.59. The highest BCUT2D eigenvalue weighted by Crippen LogP contribution is 2.21. The Labute approximate surface area is 103 Å². The molecular formula is C15H19NO. The van der Waals surface area contributed by atoms with E-state index in [-0.39, 0.29) is 6.04 Å². The van der Waals surface area contributed by atoms with Gasteiger partial charge in [0, 0.05) is 6.04 Å². The summed E-state index contributed by atoms with van der Waals surface area (Å²) in [5.41, 5.74) is 1.33. The van der Waals surface area contributed by atoms with Crippen molar-refractivity contribution < 1.29 is 4.42 Å². The van der Waals surface area contributed by atoms with Crippen LogP contribution in [0.15, 0.2) is 53.1 Å². The van der Waals surface area contributed by atoms with E-state index in [0.29, 0.717) is 6.04 Å². The van der Waals surface area contributed by atoms with Gasteiger partial charge in [0.05, 0.1) is 12.3 Å². The fraction of sp³-hybridized carbons (Fsp3) is 0.333. The molecule has 0 amide bonds. The smallest absolute Gasteiger partial charge is 0.120 e. The fourth-order valence-electron chi connectivity index (χ4n) is 2.06. The van der Waals surface area contributed by atoms with Crippen molar-refractivity contribution >= 4 is 0 Å². The quantitative estimate of drug-likeness (QED) is 0.835. The van der Waals surface area contributed by atoms with E-state index in [2.05, 4.69) is 43.4 Å². The summed E-state index contributed by atoms with van der Waals surface area (Å²) in [7, 11) is 0. The van der Waals surface area contributed by atoms with Gasteiger partial charge >= 0.3 is 0 Å². The second-order valence-corrected chi connectivity index (χ2v) is 4.28. The van der Waals surface area contributed by atoms with E-state index < -0.39 is 0 Å². The van der Waals surface area contributed by atoms with Crippen LogP contribution < -0.4 is 5.32 Å². The molecule has 2 rings (SSSR count). The molecule has 2 atom stereocenters. The van der Waals surface area contributed by atoms with Gasteiger partial charge in [0.2, 0.25) is 0 Å². The van der Waals surface area contributed by atoms with Crippen LogP contribution in [0.3, 0.4) is 0 Å². The standard InChI is InChI=1S/C15H19NO/c1-3-14(13-8-5-4-6-9-13)16-12(2)15-10-7-11-17-15/h4-12,14,16H,3H2,1-2H3. The van der Waals surface area contributed by atoms with Gasteiger partial charge in [0.1, 0.15) is 5.76 Å². The molecule has 1 aromatic heterocycles. The van der Waals surface area contributed by atoms with Crippen LogP contribution in [0, 0.1) is 0 Å². The molecule has 2 aromatic rings. The lowest BCUT2D eigenvalue weighted by molar-refractivity contribution is 0.387. The first-order valence-corrected chi connectivity index (χ1v) is 6.15. The molecule has 0 aliphatic rings.